The predicted molar refractivity (Wildman–Crippen MR) is 73.9 cm³/mol. The average Bonchev–Trinajstić information content (AvgIpc) is 2.78. The van der Waals surface area contributed by atoms with Gasteiger partial charge in [0.05, 0.1) is 0 Å². The van der Waals surface area contributed by atoms with Crippen molar-refractivity contribution < 1.29 is 0 Å². The lowest BCUT2D eigenvalue weighted by molar-refractivity contribution is 0.317. The molecule has 0 spiro atoms. The molecule has 0 amide bonds. The van der Waals surface area contributed by atoms with Crippen LogP contribution in [0.1, 0.15) is 12.0 Å². The average molecular weight is 239 g/mol. The van der Waals surface area contributed by atoms with E-state index >= 15 is 0 Å². The molecule has 1 aromatic carbocycles. The number of fused-ring (bicyclic) bond motifs is 1. The number of allylic oxidation sites excluding steroid dienone is 2. The van der Waals surface area contributed by atoms with E-state index in [2.05, 4.69) is 58.7 Å². The molecule has 2 aliphatic heterocycles. The number of amidine groups is 1. The molecule has 3 heteroatoms. The highest BCUT2D eigenvalue weighted by Crippen LogP contribution is 2.21. The lowest BCUT2D eigenvalue weighted by Crippen LogP contribution is -2.27. The van der Waals surface area contributed by atoms with Crippen molar-refractivity contribution in [2.75, 3.05) is 13.7 Å². The zero-order chi connectivity index (χ0) is 12.4. The van der Waals surface area contributed by atoms with Crippen molar-refractivity contribution in [3.63, 3.8) is 0 Å². The summed E-state index contributed by atoms with van der Waals surface area (Å²) < 4.78 is 0. The zero-order valence-corrected chi connectivity index (χ0v) is 10.6. The lowest BCUT2D eigenvalue weighted by Gasteiger charge is -2.20. The Labute approximate surface area is 108 Å². The highest BCUT2D eigenvalue weighted by atomic mass is 15.6. The van der Waals surface area contributed by atoms with Gasteiger partial charge in [-0.3, -0.25) is 5.01 Å². The van der Waals surface area contributed by atoms with Crippen molar-refractivity contribution >= 4 is 5.84 Å². The first-order valence-electron chi connectivity index (χ1n) is 6.31. The van der Waals surface area contributed by atoms with Crippen LogP contribution in [0, 0.1) is 0 Å². The summed E-state index contributed by atoms with van der Waals surface area (Å²) >= 11 is 0. The van der Waals surface area contributed by atoms with Gasteiger partial charge in [0.15, 0.2) is 5.84 Å². The van der Waals surface area contributed by atoms with Crippen LogP contribution in [0.15, 0.2) is 59.4 Å². The number of rotatable bonds is 3. The van der Waals surface area contributed by atoms with E-state index in [4.69, 9.17) is 0 Å². The van der Waals surface area contributed by atoms with Gasteiger partial charge in [0.1, 0.15) is 6.67 Å². The van der Waals surface area contributed by atoms with Crippen LogP contribution in [0.2, 0.25) is 0 Å². The second kappa shape index (κ2) is 4.69. The third kappa shape index (κ3) is 2.16. The SMILES string of the molecule is CN1CN2C=CC=C(CCc3ccccc3)C2=N1. The van der Waals surface area contributed by atoms with E-state index in [0.29, 0.717) is 0 Å². The maximum Gasteiger partial charge on any atom is 0.157 e. The second-order valence-electron chi connectivity index (χ2n) is 4.71. The van der Waals surface area contributed by atoms with Crippen molar-refractivity contribution in [2.45, 2.75) is 12.8 Å². The first kappa shape index (κ1) is 11.1. The summed E-state index contributed by atoms with van der Waals surface area (Å²) in [6.45, 7) is 0.856. The summed E-state index contributed by atoms with van der Waals surface area (Å²) in [6.07, 6.45) is 8.49. The minimum Gasteiger partial charge on any atom is -0.312 e. The summed E-state index contributed by atoms with van der Waals surface area (Å²) in [6, 6.07) is 10.6. The minimum atomic E-state index is 0.856. The Balaban J connectivity index is 1.71. The Morgan fingerprint density at radius 3 is 2.83 bits per heavy atom. The molecular formula is C15H17N3. The van der Waals surface area contributed by atoms with Crippen LogP contribution < -0.4 is 0 Å². The fraction of sp³-hybridized carbons (Fsp3) is 0.267. The standard InChI is InChI=1S/C15H17N3/c1-17-12-18-11-5-8-14(15(18)16-17)10-9-13-6-3-2-4-7-13/h2-8,11H,9-10,12H2,1H3. The number of hydrogen-bond acceptors (Lipinski definition) is 3. The maximum atomic E-state index is 4.56. The van der Waals surface area contributed by atoms with Crippen molar-refractivity contribution in [3.05, 3.63) is 59.8 Å². The zero-order valence-electron chi connectivity index (χ0n) is 10.6. The van der Waals surface area contributed by atoms with Gasteiger partial charge in [-0.15, -0.1) is 0 Å². The van der Waals surface area contributed by atoms with Crippen molar-refractivity contribution in [1.82, 2.24) is 9.91 Å². The first-order valence-corrected chi connectivity index (χ1v) is 6.31. The monoisotopic (exact) mass is 239 g/mol. The van der Waals surface area contributed by atoms with Gasteiger partial charge >= 0.3 is 0 Å². The quantitative estimate of drug-likeness (QED) is 0.807. The topological polar surface area (TPSA) is 18.8 Å². The summed E-state index contributed by atoms with van der Waals surface area (Å²) in [7, 11) is 2.01. The van der Waals surface area contributed by atoms with Gasteiger partial charge in [-0.25, -0.2) is 0 Å². The fourth-order valence-electron chi connectivity index (χ4n) is 2.36. The third-order valence-corrected chi connectivity index (χ3v) is 3.27. The summed E-state index contributed by atoms with van der Waals surface area (Å²) in [4.78, 5) is 2.19. The summed E-state index contributed by atoms with van der Waals surface area (Å²) in [5.74, 6) is 1.11. The van der Waals surface area contributed by atoms with E-state index in [1.807, 2.05) is 12.1 Å². The minimum absolute atomic E-state index is 0.856. The van der Waals surface area contributed by atoms with E-state index in [1.54, 1.807) is 0 Å². The van der Waals surface area contributed by atoms with Crippen LogP contribution in [0.25, 0.3) is 0 Å². The Morgan fingerprint density at radius 1 is 1.17 bits per heavy atom. The molecule has 0 radical (unpaired) electrons. The molecule has 0 fully saturated rings. The molecule has 2 heterocycles. The number of hydrazone groups is 1. The summed E-state index contributed by atoms with van der Waals surface area (Å²) in [5, 5.41) is 6.53. The highest BCUT2D eigenvalue weighted by molar-refractivity contribution is 6.00. The van der Waals surface area contributed by atoms with Crippen molar-refractivity contribution in [1.29, 1.82) is 0 Å². The fourth-order valence-corrected chi connectivity index (χ4v) is 2.36. The molecule has 0 N–H and O–H groups in total. The number of hydrogen-bond donors (Lipinski definition) is 0. The van der Waals surface area contributed by atoms with Crippen molar-refractivity contribution in [3.8, 4) is 0 Å². The van der Waals surface area contributed by atoms with Crippen LogP contribution in [0.5, 0.6) is 0 Å². The van der Waals surface area contributed by atoms with Gasteiger partial charge in [0, 0.05) is 13.2 Å². The van der Waals surface area contributed by atoms with Crippen LogP contribution >= 0.6 is 0 Å². The van der Waals surface area contributed by atoms with E-state index in [9.17, 15) is 0 Å². The molecule has 0 aromatic heterocycles. The molecule has 0 atom stereocenters. The van der Waals surface area contributed by atoms with E-state index < -0.39 is 0 Å². The molecule has 0 aliphatic carbocycles. The number of nitrogens with zero attached hydrogens (tertiary/aromatic N) is 3. The van der Waals surface area contributed by atoms with Gasteiger partial charge < -0.3 is 4.90 Å². The molecule has 1 aromatic rings. The normalized spacial score (nSPS) is 17.6. The van der Waals surface area contributed by atoms with Crippen LogP contribution in [0.3, 0.4) is 0 Å². The molecule has 3 nitrogen and oxygen atoms in total. The summed E-state index contributed by atoms with van der Waals surface area (Å²) in [5.41, 5.74) is 2.71. The Bertz CT molecular complexity index is 514. The molecule has 0 saturated heterocycles. The highest BCUT2D eigenvalue weighted by Gasteiger charge is 2.23. The lowest BCUT2D eigenvalue weighted by atomic mass is 10.0. The molecule has 92 valence electrons. The predicted octanol–water partition coefficient (Wildman–Crippen LogP) is 2.59. The molecule has 18 heavy (non-hydrogen) atoms. The largest absolute Gasteiger partial charge is 0.312 e. The second-order valence-corrected chi connectivity index (χ2v) is 4.71. The number of benzene rings is 1. The molecule has 3 rings (SSSR count). The van der Waals surface area contributed by atoms with Gasteiger partial charge in [0.2, 0.25) is 0 Å². The van der Waals surface area contributed by atoms with Gasteiger partial charge in [-0.1, -0.05) is 36.4 Å². The van der Waals surface area contributed by atoms with E-state index in [1.165, 1.54) is 11.1 Å². The van der Waals surface area contributed by atoms with Gasteiger partial charge in [0.25, 0.3) is 0 Å². The Hall–Kier alpha value is -2.03. The Morgan fingerprint density at radius 2 is 2.00 bits per heavy atom. The molecule has 0 saturated carbocycles. The number of aryl methyl sites for hydroxylation is 1. The smallest absolute Gasteiger partial charge is 0.157 e. The van der Waals surface area contributed by atoms with E-state index in [0.717, 1.165) is 25.3 Å². The molecular weight excluding hydrogens is 222 g/mol. The van der Waals surface area contributed by atoms with E-state index in [-0.39, 0.29) is 0 Å². The van der Waals surface area contributed by atoms with Crippen LogP contribution in [-0.4, -0.2) is 29.5 Å². The Kier molecular flexibility index (Phi) is 2.89. The first-order chi connectivity index (χ1) is 8.83. The molecule has 0 bridgehead atoms. The van der Waals surface area contributed by atoms with Gasteiger partial charge in [-0.2, -0.15) is 5.10 Å². The van der Waals surface area contributed by atoms with Gasteiger partial charge in [-0.05, 0) is 30.1 Å². The van der Waals surface area contributed by atoms with Crippen molar-refractivity contribution in [2.24, 2.45) is 5.10 Å². The van der Waals surface area contributed by atoms with Crippen LogP contribution in [-0.2, 0) is 6.42 Å². The molecule has 0 unspecified atom stereocenters. The molecule has 2 aliphatic rings. The third-order valence-electron chi connectivity index (χ3n) is 3.27. The maximum absolute atomic E-state index is 4.56. The van der Waals surface area contributed by atoms with Crippen LogP contribution in [0.4, 0.5) is 0 Å².